The van der Waals surface area contributed by atoms with Gasteiger partial charge >= 0.3 is 0 Å². The van der Waals surface area contributed by atoms with Crippen LogP contribution in [0.25, 0.3) is 0 Å². The number of hydrogen-bond acceptors (Lipinski definition) is 2. The standard InChI is InChI=1S/C14H17N3/c1-2-14(13-5-9-16-13)17(10-1)11-6-12-3-7-15-8-4-12/h1-4,7-8,10,13,16H,5-6,9,11H2/t13-/m1/s1. The van der Waals surface area contributed by atoms with E-state index in [2.05, 4.69) is 45.3 Å². The van der Waals surface area contributed by atoms with Gasteiger partial charge < -0.3 is 9.88 Å². The van der Waals surface area contributed by atoms with Gasteiger partial charge in [0.15, 0.2) is 0 Å². The Hall–Kier alpha value is -1.61. The van der Waals surface area contributed by atoms with Crippen LogP contribution in [-0.4, -0.2) is 16.1 Å². The van der Waals surface area contributed by atoms with Crippen molar-refractivity contribution in [3.63, 3.8) is 0 Å². The molecule has 0 unspecified atom stereocenters. The predicted octanol–water partition coefficient (Wildman–Crippen LogP) is 2.16. The molecule has 1 atom stereocenters. The zero-order valence-electron chi connectivity index (χ0n) is 9.84. The molecule has 1 aliphatic rings. The number of aromatic nitrogens is 2. The normalized spacial score (nSPS) is 18.9. The molecule has 17 heavy (non-hydrogen) atoms. The highest BCUT2D eigenvalue weighted by molar-refractivity contribution is 5.16. The van der Waals surface area contributed by atoms with Crippen LogP contribution in [0.5, 0.6) is 0 Å². The quantitative estimate of drug-likeness (QED) is 0.867. The molecule has 0 radical (unpaired) electrons. The molecular weight excluding hydrogens is 210 g/mol. The molecule has 0 spiro atoms. The Morgan fingerprint density at radius 1 is 1.29 bits per heavy atom. The summed E-state index contributed by atoms with van der Waals surface area (Å²) < 4.78 is 2.36. The Balaban J connectivity index is 1.67. The minimum Gasteiger partial charge on any atom is -0.350 e. The molecule has 2 aromatic heterocycles. The molecule has 3 heteroatoms. The molecule has 3 nitrogen and oxygen atoms in total. The lowest BCUT2D eigenvalue weighted by atomic mass is 10.0. The summed E-state index contributed by atoms with van der Waals surface area (Å²) in [5, 5.41) is 3.46. The van der Waals surface area contributed by atoms with E-state index < -0.39 is 0 Å². The van der Waals surface area contributed by atoms with Crippen molar-refractivity contribution in [1.29, 1.82) is 0 Å². The van der Waals surface area contributed by atoms with Crippen molar-refractivity contribution in [2.24, 2.45) is 0 Å². The van der Waals surface area contributed by atoms with E-state index in [0.29, 0.717) is 6.04 Å². The van der Waals surface area contributed by atoms with Crippen LogP contribution < -0.4 is 5.32 Å². The molecule has 1 aliphatic heterocycles. The van der Waals surface area contributed by atoms with Gasteiger partial charge in [-0.05, 0) is 49.2 Å². The van der Waals surface area contributed by atoms with Crippen LogP contribution in [0, 0.1) is 0 Å². The lowest BCUT2D eigenvalue weighted by Gasteiger charge is -2.29. The summed E-state index contributed by atoms with van der Waals surface area (Å²) in [6.45, 7) is 2.20. The largest absolute Gasteiger partial charge is 0.350 e. The summed E-state index contributed by atoms with van der Waals surface area (Å²) in [6, 6.07) is 9.11. The van der Waals surface area contributed by atoms with Crippen LogP contribution in [0.1, 0.15) is 23.7 Å². The van der Waals surface area contributed by atoms with Crippen LogP contribution in [0.3, 0.4) is 0 Å². The minimum atomic E-state index is 0.572. The van der Waals surface area contributed by atoms with Gasteiger partial charge in [0, 0.05) is 36.9 Å². The van der Waals surface area contributed by atoms with E-state index in [9.17, 15) is 0 Å². The summed E-state index contributed by atoms with van der Waals surface area (Å²) in [5.74, 6) is 0. The first-order valence-corrected chi connectivity index (χ1v) is 6.21. The van der Waals surface area contributed by atoms with Crippen molar-refractivity contribution < 1.29 is 0 Å². The number of nitrogens with one attached hydrogen (secondary N) is 1. The third-order valence-corrected chi connectivity index (χ3v) is 3.44. The van der Waals surface area contributed by atoms with Crippen molar-refractivity contribution >= 4 is 0 Å². The number of rotatable bonds is 4. The molecule has 0 amide bonds. The summed E-state index contributed by atoms with van der Waals surface area (Å²) in [5.41, 5.74) is 2.77. The van der Waals surface area contributed by atoms with Gasteiger partial charge in [-0.15, -0.1) is 0 Å². The monoisotopic (exact) mass is 227 g/mol. The lowest BCUT2D eigenvalue weighted by Crippen LogP contribution is -2.36. The lowest BCUT2D eigenvalue weighted by molar-refractivity contribution is 0.362. The van der Waals surface area contributed by atoms with Crippen LogP contribution >= 0.6 is 0 Å². The van der Waals surface area contributed by atoms with E-state index in [1.165, 1.54) is 17.7 Å². The smallest absolute Gasteiger partial charge is 0.0487 e. The number of pyridine rings is 1. The number of nitrogens with zero attached hydrogens (tertiary/aromatic N) is 2. The van der Waals surface area contributed by atoms with E-state index in [4.69, 9.17) is 0 Å². The maximum absolute atomic E-state index is 4.04. The van der Waals surface area contributed by atoms with Gasteiger partial charge in [-0.25, -0.2) is 0 Å². The number of hydrogen-bond donors (Lipinski definition) is 1. The van der Waals surface area contributed by atoms with Crippen molar-refractivity contribution in [2.75, 3.05) is 6.54 Å². The maximum Gasteiger partial charge on any atom is 0.0487 e. The Morgan fingerprint density at radius 2 is 2.12 bits per heavy atom. The number of aryl methyl sites for hydroxylation is 2. The average molecular weight is 227 g/mol. The zero-order chi connectivity index (χ0) is 11.5. The van der Waals surface area contributed by atoms with Gasteiger partial charge in [0.2, 0.25) is 0 Å². The Labute approximate surface area is 101 Å². The topological polar surface area (TPSA) is 29.9 Å². The molecule has 2 aromatic rings. The van der Waals surface area contributed by atoms with E-state index in [1.807, 2.05) is 12.4 Å². The fraction of sp³-hybridized carbons (Fsp3) is 0.357. The van der Waals surface area contributed by atoms with Crippen LogP contribution in [0.4, 0.5) is 0 Å². The van der Waals surface area contributed by atoms with Crippen LogP contribution in [-0.2, 0) is 13.0 Å². The van der Waals surface area contributed by atoms with Gasteiger partial charge in [0.05, 0.1) is 0 Å². The molecule has 0 aromatic carbocycles. The summed E-state index contributed by atoms with van der Waals surface area (Å²) >= 11 is 0. The fourth-order valence-corrected chi connectivity index (χ4v) is 2.29. The van der Waals surface area contributed by atoms with Gasteiger partial charge in [0.25, 0.3) is 0 Å². The maximum atomic E-state index is 4.04. The molecule has 1 N–H and O–H groups in total. The van der Waals surface area contributed by atoms with Crippen molar-refractivity contribution in [1.82, 2.24) is 14.9 Å². The molecule has 1 fully saturated rings. The molecule has 88 valence electrons. The second kappa shape index (κ2) is 4.72. The Morgan fingerprint density at radius 3 is 2.82 bits per heavy atom. The second-order valence-electron chi connectivity index (χ2n) is 4.53. The summed E-state index contributed by atoms with van der Waals surface area (Å²) in [7, 11) is 0. The molecule has 3 heterocycles. The van der Waals surface area contributed by atoms with Gasteiger partial charge in [-0.3, -0.25) is 4.98 Å². The highest BCUT2D eigenvalue weighted by Crippen LogP contribution is 2.23. The molecular formula is C14H17N3. The van der Waals surface area contributed by atoms with Crippen molar-refractivity contribution in [3.05, 3.63) is 54.1 Å². The van der Waals surface area contributed by atoms with Crippen LogP contribution in [0.15, 0.2) is 42.9 Å². The first kappa shape index (κ1) is 10.5. The fourth-order valence-electron chi connectivity index (χ4n) is 2.29. The molecule has 0 bridgehead atoms. The predicted molar refractivity (Wildman–Crippen MR) is 67.7 cm³/mol. The van der Waals surface area contributed by atoms with Gasteiger partial charge in [-0.2, -0.15) is 0 Å². The van der Waals surface area contributed by atoms with Crippen molar-refractivity contribution in [2.45, 2.75) is 25.4 Å². The third kappa shape index (κ3) is 2.24. The first-order valence-electron chi connectivity index (χ1n) is 6.21. The van der Waals surface area contributed by atoms with Crippen LogP contribution in [0.2, 0.25) is 0 Å². The van der Waals surface area contributed by atoms with Crippen molar-refractivity contribution in [3.8, 4) is 0 Å². The Kier molecular flexibility index (Phi) is 2.92. The Bertz CT molecular complexity index is 471. The average Bonchev–Trinajstić information content (AvgIpc) is 2.74. The molecule has 0 aliphatic carbocycles. The molecule has 0 saturated carbocycles. The molecule has 1 saturated heterocycles. The molecule has 3 rings (SSSR count). The van der Waals surface area contributed by atoms with Gasteiger partial charge in [-0.1, -0.05) is 0 Å². The highest BCUT2D eigenvalue weighted by atomic mass is 15.1. The van der Waals surface area contributed by atoms with E-state index >= 15 is 0 Å². The first-order chi connectivity index (χ1) is 8.43. The summed E-state index contributed by atoms with van der Waals surface area (Å²) in [6.07, 6.45) is 8.23. The zero-order valence-corrected chi connectivity index (χ0v) is 9.84. The minimum absolute atomic E-state index is 0.572. The van der Waals surface area contributed by atoms with Gasteiger partial charge in [0.1, 0.15) is 0 Å². The summed E-state index contributed by atoms with van der Waals surface area (Å²) in [4.78, 5) is 4.04. The third-order valence-electron chi connectivity index (χ3n) is 3.44. The highest BCUT2D eigenvalue weighted by Gasteiger charge is 2.20. The van der Waals surface area contributed by atoms with E-state index in [1.54, 1.807) is 0 Å². The van der Waals surface area contributed by atoms with E-state index in [0.717, 1.165) is 19.5 Å². The SMILES string of the molecule is c1cc([C@H]2CCN2)n(CCc2ccncc2)c1. The van der Waals surface area contributed by atoms with E-state index in [-0.39, 0.29) is 0 Å². The second-order valence-corrected chi connectivity index (χ2v) is 4.53.